The van der Waals surface area contributed by atoms with Crippen LogP contribution in [0.25, 0.3) is 0 Å². The molecule has 1 aliphatic rings. The van der Waals surface area contributed by atoms with E-state index in [0.29, 0.717) is 5.69 Å². The van der Waals surface area contributed by atoms with Crippen LogP contribution in [0, 0.1) is 0 Å². The van der Waals surface area contributed by atoms with Crippen LogP contribution >= 0.6 is 15.9 Å². The monoisotopic (exact) mass is 311 g/mol. The fourth-order valence-corrected chi connectivity index (χ4v) is 2.40. The van der Waals surface area contributed by atoms with Gasteiger partial charge in [0.25, 0.3) is 5.91 Å². The summed E-state index contributed by atoms with van der Waals surface area (Å²) < 4.78 is 0.885. The van der Waals surface area contributed by atoms with Crippen LogP contribution in [0.2, 0.25) is 0 Å². The van der Waals surface area contributed by atoms with Gasteiger partial charge >= 0.3 is 0 Å². The van der Waals surface area contributed by atoms with Crippen molar-refractivity contribution in [2.24, 2.45) is 0 Å². The number of likely N-dealkylation sites (tertiary alicyclic amines) is 1. The largest absolute Gasteiger partial charge is 0.348 e. The van der Waals surface area contributed by atoms with E-state index >= 15 is 0 Å². The van der Waals surface area contributed by atoms with E-state index in [4.69, 9.17) is 0 Å². The number of nitrogens with zero attached hydrogens (tertiary/aromatic N) is 2. The Hall–Kier alpha value is -0.940. The quantitative estimate of drug-likeness (QED) is 0.929. The van der Waals surface area contributed by atoms with Crippen LogP contribution in [0.4, 0.5) is 0 Å². The molecule has 2 rings (SSSR count). The van der Waals surface area contributed by atoms with E-state index in [1.807, 2.05) is 6.07 Å². The van der Waals surface area contributed by atoms with Crippen LogP contribution in [0.5, 0.6) is 0 Å². The number of aromatic nitrogens is 1. The molecular weight excluding hydrogens is 294 g/mol. The molecular formula is C13H18BrN3O. The first-order valence-electron chi connectivity index (χ1n) is 6.34. The maximum atomic E-state index is 12.0. The number of pyridine rings is 1. The molecule has 1 N–H and O–H groups in total. The van der Waals surface area contributed by atoms with E-state index in [0.717, 1.165) is 36.9 Å². The number of piperidine rings is 1. The maximum Gasteiger partial charge on any atom is 0.270 e. The number of hydrogen-bond acceptors (Lipinski definition) is 3. The Labute approximate surface area is 116 Å². The van der Waals surface area contributed by atoms with E-state index < -0.39 is 0 Å². The molecule has 0 spiro atoms. The van der Waals surface area contributed by atoms with E-state index in [-0.39, 0.29) is 11.9 Å². The summed E-state index contributed by atoms with van der Waals surface area (Å²) in [6, 6.07) is 3.85. The Morgan fingerprint density at radius 1 is 1.50 bits per heavy atom. The van der Waals surface area contributed by atoms with Gasteiger partial charge in [-0.25, -0.2) is 4.98 Å². The molecule has 0 aromatic carbocycles. The summed E-state index contributed by atoms with van der Waals surface area (Å²) in [5.74, 6) is -0.0718. The molecule has 0 saturated carbocycles. The molecule has 0 radical (unpaired) electrons. The van der Waals surface area contributed by atoms with Crippen molar-refractivity contribution in [3.8, 4) is 0 Å². The lowest BCUT2D eigenvalue weighted by atomic mass is 10.0. The lowest BCUT2D eigenvalue weighted by Crippen LogP contribution is -2.44. The topological polar surface area (TPSA) is 45.2 Å². The minimum atomic E-state index is -0.0718. The number of amides is 1. The van der Waals surface area contributed by atoms with Gasteiger partial charge in [0.05, 0.1) is 0 Å². The van der Waals surface area contributed by atoms with Gasteiger partial charge in [0.2, 0.25) is 0 Å². The van der Waals surface area contributed by atoms with Crippen molar-refractivity contribution in [1.29, 1.82) is 0 Å². The predicted octanol–water partition coefficient (Wildman–Crippen LogP) is 2.06. The highest BCUT2D eigenvalue weighted by molar-refractivity contribution is 9.10. The normalized spacial score (nSPS) is 17.7. The molecule has 2 heterocycles. The smallest absolute Gasteiger partial charge is 0.270 e. The van der Waals surface area contributed by atoms with Crippen LogP contribution in [0.3, 0.4) is 0 Å². The molecule has 1 aromatic heterocycles. The van der Waals surface area contributed by atoms with Crippen molar-refractivity contribution >= 4 is 21.8 Å². The average Bonchev–Trinajstić information content (AvgIpc) is 2.40. The van der Waals surface area contributed by atoms with Gasteiger partial charge in [-0.05, 0) is 47.4 Å². The summed E-state index contributed by atoms with van der Waals surface area (Å²) in [7, 11) is 0. The second-order valence-electron chi connectivity index (χ2n) is 4.54. The highest BCUT2D eigenvalue weighted by atomic mass is 79.9. The van der Waals surface area contributed by atoms with Crippen LogP contribution in [-0.2, 0) is 0 Å². The Morgan fingerprint density at radius 2 is 2.22 bits per heavy atom. The summed E-state index contributed by atoms with van der Waals surface area (Å²) in [6.45, 7) is 5.39. The van der Waals surface area contributed by atoms with Crippen molar-refractivity contribution < 1.29 is 4.79 Å². The van der Waals surface area contributed by atoms with Crippen molar-refractivity contribution in [2.45, 2.75) is 25.8 Å². The fraction of sp³-hybridized carbons (Fsp3) is 0.538. The molecule has 18 heavy (non-hydrogen) atoms. The summed E-state index contributed by atoms with van der Waals surface area (Å²) in [5.41, 5.74) is 0.483. The minimum Gasteiger partial charge on any atom is -0.348 e. The third-order valence-corrected chi connectivity index (χ3v) is 3.80. The number of nitrogens with one attached hydrogen (secondary N) is 1. The first-order chi connectivity index (χ1) is 8.69. The summed E-state index contributed by atoms with van der Waals surface area (Å²) >= 11 is 3.31. The number of halogens is 1. The van der Waals surface area contributed by atoms with Gasteiger partial charge in [0.15, 0.2) is 0 Å². The van der Waals surface area contributed by atoms with Crippen LogP contribution in [-0.4, -0.2) is 41.5 Å². The molecule has 0 atom stereocenters. The number of carbonyl (C=O) groups is 1. The van der Waals surface area contributed by atoms with Crippen molar-refractivity contribution in [3.63, 3.8) is 0 Å². The molecule has 1 fully saturated rings. The van der Waals surface area contributed by atoms with Gasteiger partial charge in [-0.15, -0.1) is 0 Å². The van der Waals surface area contributed by atoms with Gasteiger partial charge in [0, 0.05) is 29.8 Å². The second-order valence-corrected chi connectivity index (χ2v) is 5.46. The van der Waals surface area contributed by atoms with Gasteiger partial charge < -0.3 is 10.2 Å². The zero-order valence-corrected chi connectivity index (χ0v) is 12.1. The molecule has 5 heteroatoms. The Morgan fingerprint density at radius 3 is 2.78 bits per heavy atom. The van der Waals surface area contributed by atoms with Crippen molar-refractivity contribution in [1.82, 2.24) is 15.2 Å². The van der Waals surface area contributed by atoms with Gasteiger partial charge in [-0.3, -0.25) is 4.79 Å². The van der Waals surface area contributed by atoms with Crippen LogP contribution < -0.4 is 5.32 Å². The number of hydrogen-bond donors (Lipinski definition) is 1. The lowest BCUT2D eigenvalue weighted by Gasteiger charge is -2.31. The highest BCUT2D eigenvalue weighted by Gasteiger charge is 2.20. The Balaban J connectivity index is 1.86. The molecule has 1 amide bonds. The van der Waals surface area contributed by atoms with Gasteiger partial charge in [-0.2, -0.15) is 0 Å². The lowest BCUT2D eigenvalue weighted by molar-refractivity contribution is 0.0907. The van der Waals surface area contributed by atoms with Gasteiger partial charge in [0.1, 0.15) is 5.69 Å². The van der Waals surface area contributed by atoms with E-state index in [1.165, 1.54) is 0 Å². The summed E-state index contributed by atoms with van der Waals surface area (Å²) in [6.07, 6.45) is 3.70. The van der Waals surface area contributed by atoms with Crippen molar-refractivity contribution in [2.75, 3.05) is 19.6 Å². The van der Waals surface area contributed by atoms with E-state index in [1.54, 1.807) is 12.3 Å². The van der Waals surface area contributed by atoms with E-state index in [9.17, 15) is 4.79 Å². The molecule has 0 unspecified atom stereocenters. The molecule has 0 bridgehead atoms. The first-order valence-corrected chi connectivity index (χ1v) is 7.13. The molecule has 0 aliphatic carbocycles. The predicted molar refractivity (Wildman–Crippen MR) is 74.5 cm³/mol. The van der Waals surface area contributed by atoms with Crippen LogP contribution in [0.1, 0.15) is 30.3 Å². The van der Waals surface area contributed by atoms with Crippen LogP contribution in [0.15, 0.2) is 22.8 Å². The summed E-state index contributed by atoms with van der Waals surface area (Å²) in [5, 5.41) is 3.06. The number of rotatable bonds is 3. The Kier molecular flexibility index (Phi) is 4.72. The fourth-order valence-electron chi connectivity index (χ4n) is 2.16. The molecule has 1 aliphatic heterocycles. The maximum absolute atomic E-state index is 12.0. The first kappa shape index (κ1) is 13.5. The molecule has 98 valence electrons. The molecule has 1 aromatic rings. The molecule has 4 nitrogen and oxygen atoms in total. The summed E-state index contributed by atoms with van der Waals surface area (Å²) in [4.78, 5) is 18.5. The molecule has 1 saturated heterocycles. The standard InChI is InChI=1S/C13H18BrN3O/c1-2-17-7-5-11(6-8-17)16-13(18)12-4-3-10(14)9-15-12/h3-4,9,11H,2,5-8H2,1H3,(H,16,18). The number of carbonyl (C=O) groups excluding carboxylic acids is 1. The highest BCUT2D eigenvalue weighted by Crippen LogP contribution is 2.11. The minimum absolute atomic E-state index is 0.0718. The van der Waals surface area contributed by atoms with E-state index in [2.05, 4.69) is 38.1 Å². The van der Waals surface area contributed by atoms with Crippen molar-refractivity contribution in [3.05, 3.63) is 28.5 Å². The Bertz CT molecular complexity index is 399. The second kappa shape index (κ2) is 6.29. The third kappa shape index (κ3) is 3.53. The average molecular weight is 312 g/mol. The van der Waals surface area contributed by atoms with Gasteiger partial charge in [-0.1, -0.05) is 6.92 Å². The zero-order chi connectivity index (χ0) is 13.0. The SMILES string of the molecule is CCN1CCC(NC(=O)c2ccc(Br)cn2)CC1. The third-order valence-electron chi connectivity index (χ3n) is 3.33. The zero-order valence-electron chi connectivity index (χ0n) is 10.5.